The number of anilines is 1. The van der Waals surface area contributed by atoms with Gasteiger partial charge in [0.2, 0.25) is 11.8 Å². The minimum atomic E-state index is -4.64. The Morgan fingerprint density at radius 3 is 2.40 bits per heavy atom. The lowest BCUT2D eigenvalue weighted by Crippen LogP contribution is -2.51. The zero-order chi connectivity index (χ0) is 28.1. The first-order valence-corrected chi connectivity index (χ1v) is 13.0. The number of nitrogens with zero attached hydrogens (tertiary/aromatic N) is 3. The van der Waals surface area contributed by atoms with Gasteiger partial charge in [-0.05, 0) is 42.3 Å². The first-order valence-electron chi connectivity index (χ1n) is 13.0. The number of amides is 2. The molecule has 2 saturated heterocycles. The van der Waals surface area contributed by atoms with Gasteiger partial charge in [0.1, 0.15) is 11.4 Å². The summed E-state index contributed by atoms with van der Waals surface area (Å²) in [4.78, 5) is 47.9. The second-order valence-corrected chi connectivity index (χ2v) is 10.9. The summed E-state index contributed by atoms with van der Waals surface area (Å²) < 4.78 is 42.1. The first-order chi connectivity index (χ1) is 19.1. The maximum absolute atomic E-state index is 14.3. The van der Waals surface area contributed by atoms with Crippen molar-refractivity contribution < 1.29 is 22.8 Å². The van der Waals surface area contributed by atoms with Crippen molar-refractivity contribution in [3.8, 4) is 5.69 Å². The number of imide groups is 1. The third-order valence-electron chi connectivity index (χ3n) is 8.45. The van der Waals surface area contributed by atoms with Crippen molar-refractivity contribution in [2.45, 2.75) is 31.6 Å². The van der Waals surface area contributed by atoms with Crippen LogP contribution in [0.15, 0.2) is 77.6 Å². The molecular weight excluding hydrogens is 521 g/mol. The lowest BCUT2D eigenvalue weighted by Gasteiger charge is -2.32. The van der Waals surface area contributed by atoms with Crippen molar-refractivity contribution >= 4 is 28.4 Å². The van der Waals surface area contributed by atoms with Gasteiger partial charge < -0.3 is 0 Å². The Kier molecular flexibility index (Phi) is 5.01. The zero-order valence-electron chi connectivity index (χ0n) is 21.4. The molecular formula is C30H23F3N4O3. The quantitative estimate of drug-likeness (QED) is 0.379. The second-order valence-electron chi connectivity index (χ2n) is 10.9. The molecule has 7 nitrogen and oxygen atoms in total. The Balaban J connectivity index is 1.50. The van der Waals surface area contributed by atoms with E-state index in [1.54, 1.807) is 42.5 Å². The normalized spacial score (nSPS) is 25.2. The molecule has 4 heterocycles. The Morgan fingerprint density at radius 2 is 1.65 bits per heavy atom. The number of aromatic nitrogens is 2. The van der Waals surface area contributed by atoms with E-state index in [0.29, 0.717) is 28.0 Å². The van der Waals surface area contributed by atoms with Gasteiger partial charge in [-0.3, -0.25) is 24.3 Å². The van der Waals surface area contributed by atoms with E-state index in [1.165, 1.54) is 16.7 Å². The molecule has 2 amide bonds. The fourth-order valence-electron chi connectivity index (χ4n) is 6.80. The van der Waals surface area contributed by atoms with Crippen LogP contribution in [-0.2, 0) is 21.3 Å². The number of para-hydroxylation sites is 2. The molecule has 4 atom stereocenters. The summed E-state index contributed by atoms with van der Waals surface area (Å²) in [6.45, 7) is 3.83. The number of carbonyl (C=O) groups is 2. The van der Waals surface area contributed by atoms with Gasteiger partial charge in [0.25, 0.3) is 5.56 Å². The summed E-state index contributed by atoms with van der Waals surface area (Å²) in [5.41, 5.74) is -1.11. The van der Waals surface area contributed by atoms with E-state index >= 15 is 0 Å². The maximum atomic E-state index is 14.3. The van der Waals surface area contributed by atoms with Crippen molar-refractivity contribution in [3.05, 3.63) is 100 Å². The van der Waals surface area contributed by atoms with Crippen molar-refractivity contribution in [2.75, 3.05) is 4.90 Å². The average Bonchev–Trinajstić information content (AvgIpc) is 3.52. The lowest BCUT2D eigenvalue weighted by atomic mass is 9.75. The lowest BCUT2D eigenvalue weighted by molar-refractivity contribution is -0.137. The monoisotopic (exact) mass is 544 g/mol. The van der Waals surface area contributed by atoms with Crippen LogP contribution in [0.25, 0.3) is 16.6 Å². The van der Waals surface area contributed by atoms with Crippen LogP contribution in [0.3, 0.4) is 0 Å². The fourth-order valence-corrected chi connectivity index (χ4v) is 6.80. The minimum absolute atomic E-state index is 0.126. The molecule has 3 aromatic carbocycles. The van der Waals surface area contributed by atoms with Crippen LogP contribution in [0, 0.1) is 17.8 Å². The van der Waals surface area contributed by atoms with E-state index in [0.717, 1.165) is 17.0 Å². The topological polar surface area (TPSA) is 84.3 Å². The molecule has 40 heavy (non-hydrogen) atoms. The largest absolute Gasteiger partial charge is 0.416 e. The standard InChI is InChI=1S/C30H23F3N4O3/c1-15(2)24-22-23(27(40)36(26(22)39)17-9-7-8-16(14-17)30(31,32)33)29(35-24)19-11-4-6-13-21(19)37-25(38)18-10-3-5-12-20(18)34-28(29)37/h3-15,22-24,35H,1-2H3/t22-,23-,24-,29+/m0/s1. The first kappa shape index (κ1) is 24.7. The molecule has 4 aromatic rings. The highest BCUT2D eigenvalue weighted by Crippen LogP contribution is 2.56. The molecule has 1 aromatic heterocycles. The number of fused-ring (bicyclic) bond motifs is 8. The highest BCUT2D eigenvalue weighted by atomic mass is 19.4. The number of alkyl halides is 3. The molecule has 10 heteroatoms. The summed E-state index contributed by atoms with van der Waals surface area (Å²) >= 11 is 0. The van der Waals surface area contributed by atoms with Gasteiger partial charge in [0, 0.05) is 11.6 Å². The van der Waals surface area contributed by atoms with Crippen LogP contribution in [-0.4, -0.2) is 27.4 Å². The molecule has 1 spiro atoms. The van der Waals surface area contributed by atoms with E-state index in [4.69, 9.17) is 4.98 Å². The zero-order valence-corrected chi connectivity index (χ0v) is 21.4. The van der Waals surface area contributed by atoms with E-state index < -0.39 is 47.0 Å². The summed E-state index contributed by atoms with van der Waals surface area (Å²) in [6, 6.07) is 17.8. The van der Waals surface area contributed by atoms with Crippen molar-refractivity contribution in [1.82, 2.24) is 14.9 Å². The average molecular weight is 545 g/mol. The third-order valence-corrected chi connectivity index (χ3v) is 8.45. The van der Waals surface area contributed by atoms with E-state index in [-0.39, 0.29) is 17.2 Å². The molecule has 0 bridgehead atoms. The SMILES string of the molecule is CC(C)[C@@H]1N[C@]2(c3ccccc3-n3c2nc2ccccc2c3=O)[C@@H]2C(=O)N(c3cccc(C(F)(F)F)c3)C(=O)[C@@H]21. The Hall–Kier alpha value is -4.31. The van der Waals surface area contributed by atoms with Gasteiger partial charge >= 0.3 is 6.18 Å². The second kappa shape index (κ2) is 8.11. The molecule has 0 saturated carbocycles. The molecule has 3 aliphatic heterocycles. The molecule has 0 radical (unpaired) electrons. The molecule has 3 aliphatic rings. The number of hydrogen-bond donors (Lipinski definition) is 1. The molecule has 0 aliphatic carbocycles. The van der Waals surface area contributed by atoms with E-state index in [1.807, 2.05) is 19.9 Å². The van der Waals surface area contributed by atoms with Gasteiger partial charge in [-0.1, -0.05) is 50.2 Å². The van der Waals surface area contributed by atoms with Gasteiger partial charge in [-0.2, -0.15) is 13.2 Å². The fraction of sp³-hybridized carbons (Fsp3) is 0.267. The summed E-state index contributed by atoms with van der Waals surface area (Å²) in [6.07, 6.45) is -4.64. The molecule has 0 unspecified atom stereocenters. The highest BCUT2D eigenvalue weighted by Gasteiger charge is 2.70. The van der Waals surface area contributed by atoms with Crippen LogP contribution in [0.4, 0.5) is 18.9 Å². The van der Waals surface area contributed by atoms with Gasteiger partial charge in [0.05, 0.1) is 39.7 Å². The number of halogens is 3. The van der Waals surface area contributed by atoms with Crippen LogP contribution < -0.4 is 15.8 Å². The number of rotatable bonds is 2. The predicted octanol–water partition coefficient (Wildman–Crippen LogP) is 4.40. The minimum Gasteiger partial charge on any atom is -0.296 e. The summed E-state index contributed by atoms with van der Waals surface area (Å²) in [5, 5.41) is 3.98. The Labute approximate surface area is 226 Å². The maximum Gasteiger partial charge on any atom is 0.416 e. The molecule has 7 rings (SSSR count). The van der Waals surface area contributed by atoms with E-state index in [9.17, 15) is 27.6 Å². The Morgan fingerprint density at radius 1 is 0.925 bits per heavy atom. The number of hydrogen-bond acceptors (Lipinski definition) is 5. The summed E-state index contributed by atoms with van der Waals surface area (Å²) in [5.74, 6) is -2.96. The number of nitrogens with one attached hydrogen (secondary N) is 1. The molecule has 2 fully saturated rings. The smallest absolute Gasteiger partial charge is 0.296 e. The van der Waals surface area contributed by atoms with Crippen molar-refractivity contribution in [3.63, 3.8) is 0 Å². The van der Waals surface area contributed by atoms with Crippen LogP contribution in [0.2, 0.25) is 0 Å². The van der Waals surface area contributed by atoms with Crippen LogP contribution in [0.1, 0.15) is 30.8 Å². The van der Waals surface area contributed by atoms with Gasteiger partial charge in [-0.25, -0.2) is 9.88 Å². The van der Waals surface area contributed by atoms with Gasteiger partial charge in [-0.15, -0.1) is 0 Å². The highest BCUT2D eigenvalue weighted by molar-refractivity contribution is 6.23. The van der Waals surface area contributed by atoms with Crippen LogP contribution >= 0.6 is 0 Å². The molecule has 1 N–H and O–H groups in total. The Bertz CT molecular complexity index is 1810. The summed E-state index contributed by atoms with van der Waals surface area (Å²) in [7, 11) is 0. The van der Waals surface area contributed by atoms with Crippen LogP contribution in [0.5, 0.6) is 0 Å². The van der Waals surface area contributed by atoms with Gasteiger partial charge in [0.15, 0.2) is 0 Å². The van der Waals surface area contributed by atoms with Crippen molar-refractivity contribution in [1.29, 1.82) is 0 Å². The van der Waals surface area contributed by atoms with Crippen molar-refractivity contribution in [2.24, 2.45) is 17.8 Å². The number of benzene rings is 3. The predicted molar refractivity (Wildman–Crippen MR) is 141 cm³/mol. The third kappa shape index (κ3) is 3.05. The number of carbonyl (C=O) groups excluding carboxylic acids is 2. The molecule has 202 valence electrons. The van der Waals surface area contributed by atoms with E-state index in [2.05, 4.69) is 5.32 Å².